The van der Waals surface area contributed by atoms with E-state index < -0.39 is 0 Å². The van der Waals surface area contributed by atoms with Crippen LogP contribution < -0.4 is 10.2 Å². The normalized spacial score (nSPS) is 16.0. The number of nitrogens with zero attached hydrogens (tertiary/aromatic N) is 2. The third-order valence-electron chi connectivity index (χ3n) is 6.73. The predicted molar refractivity (Wildman–Crippen MR) is 144 cm³/mol. The monoisotopic (exact) mass is 472 g/mol. The van der Waals surface area contributed by atoms with Gasteiger partial charge in [-0.05, 0) is 62.0 Å². The second-order valence-corrected chi connectivity index (χ2v) is 10.2. The molecule has 1 unspecified atom stereocenters. The Hall–Kier alpha value is -3.09. The summed E-state index contributed by atoms with van der Waals surface area (Å²) in [6.07, 6.45) is 7.85. The minimum absolute atomic E-state index is 0.0108. The van der Waals surface area contributed by atoms with Crippen molar-refractivity contribution in [3.8, 4) is 0 Å². The van der Waals surface area contributed by atoms with E-state index in [1.165, 1.54) is 21.3 Å². The van der Waals surface area contributed by atoms with Crippen molar-refractivity contribution in [1.82, 2.24) is 15.2 Å². The fourth-order valence-electron chi connectivity index (χ4n) is 4.71. The number of carbonyl (C=O) groups excluding carboxylic acids is 1. The van der Waals surface area contributed by atoms with Crippen molar-refractivity contribution < 1.29 is 4.79 Å². The number of piperazine rings is 1. The van der Waals surface area contributed by atoms with Gasteiger partial charge < -0.3 is 20.1 Å². The number of para-hydroxylation sites is 1. The lowest BCUT2D eigenvalue weighted by molar-refractivity contribution is 0.0941. The topological polar surface area (TPSA) is 51.4 Å². The van der Waals surface area contributed by atoms with Crippen LogP contribution >= 0.6 is 11.3 Å². The van der Waals surface area contributed by atoms with Crippen LogP contribution in [0.4, 0.5) is 5.69 Å². The first-order valence-electron chi connectivity index (χ1n) is 12.0. The molecule has 1 saturated heterocycles. The average molecular weight is 473 g/mol. The van der Waals surface area contributed by atoms with E-state index in [0.717, 1.165) is 54.8 Å². The number of amides is 1. The number of hydrogen-bond acceptors (Lipinski definition) is 4. The number of likely N-dealkylation sites (N-methyl/N-ethyl adjacent to an activating group) is 1. The van der Waals surface area contributed by atoms with E-state index in [1.54, 1.807) is 11.3 Å². The molecule has 0 saturated carbocycles. The molecule has 0 aliphatic carbocycles. The van der Waals surface area contributed by atoms with Gasteiger partial charge in [0.15, 0.2) is 0 Å². The van der Waals surface area contributed by atoms with Crippen LogP contribution in [0.1, 0.15) is 28.6 Å². The molecule has 4 aromatic rings. The highest BCUT2D eigenvalue weighted by molar-refractivity contribution is 7.20. The van der Waals surface area contributed by atoms with Gasteiger partial charge in [-0.3, -0.25) is 4.79 Å². The molecule has 1 aliphatic heterocycles. The van der Waals surface area contributed by atoms with E-state index in [2.05, 4.69) is 75.8 Å². The molecule has 2 aromatic heterocycles. The summed E-state index contributed by atoms with van der Waals surface area (Å²) < 4.78 is 1.17. The highest BCUT2D eigenvalue weighted by Gasteiger charge is 2.19. The van der Waals surface area contributed by atoms with Gasteiger partial charge >= 0.3 is 0 Å². The lowest BCUT2D eigenvalue weighted by Crippen LogP contribution is -2.44. The quantitative estimate of drug-likeness (QED) is 0.352. The van der Waals surface area contributed by atoms with E-state index in [-0.39, 0.29) is 11.9 Å². The molecule has 1 aliphatic rings. The molecule has 34 heavy (non-hydrogen) atoms. The molecule has 2 aromatic carbocycles. The summed E-state index contributed by atoms with van der Waals surface area (Å²) in [6.45, 7) is 6.28. The highest BCUT2D eigenvalue weighted by atomic mass is 32.1. The Morgan fingerprint density at radius 2 is 1.97 bits per heavy atom. The number of aromatic amines is 1. The minimum atomic E-state index is 0.0108. The number of thiophene rings is 1. The molecule has 3 heterocycles. The Morgan fingerprint density at radius 3 is 2.79 bits per heavy atom. The molecule has 1 atom stereocenters. The summed E-state index contributed by atoms with van der Waals surface area (Å²) in [5.41, 5.74) is 3.62. The van der Waals surface area contributed by atoms with Crippen molar-refractivity contribution >= 4 is 43.9 Å². The Labute approximate surface area is 205 Å². The Morgan fingerprint density at radius 1 is 1.15 bits per heavy atom. The number of H-pyrrole nitrogens is 1. The Kier molecular flexibility index (Phi) is 6.70. The predicted octanol–water partition coefficient (Wildman–Crippen LogP) is 5.44. The van der Waals surface area contributed by atoms with Crippen LogP contribution in [-0.2, 0) is 6.42 Å². The van der Waals surface area contributed by atoms with Gasteiger partial charge in [-0.2, -0.15) is 0 Å². The average Bonchev–Trinajstić information content (AvgIpc) is 3.47. The standard InChI is InChI=1S/C28H32N4OS/c1-3-4-7-22(16-21-19-29-25-9-6-5-8-24(21)25)30-28(33)27-17-20-10-11-23(18-26(20)34-27)32-14-12-31(2)13-15-32/h3-6,8-11,17-19,22,29H,7,12-16H2,1-2H3,(H,30,33). The van der Waals surface area contributed by atoms with Gasteiger partial charge in [0.25, 0.3) is 5.91 Å². The number of aromatic nitrogens is 1. The number of anilines is 1. The third kappa shape index (κ3) is 4.88. The van der Waals surface area contributed by atoms with Crippen molar-refractivity contribution in [1.29, 1.82) is 0 Å². The van der Waals surface area contributed by atoms with Crippen LogP contribution in [0.3, 0.4) is 0 Å². The van der Waals surface area contributed by atoms with Crippen molar-refractivity contribution in [3.63, 3.8) is 0 Å². The third-order valence-corrected chi connectivity index (χ3v) is 7.83. The van der Waals surface area contributed by atoms with Crippen molar-refractivity contribution in [3.05, 3.63) is 77.3 Å². The SMILES string of the molecule is CC=CCC(Cc1c[nH]c2ccccc12)NC(=O)c1cc2ccc(N3CCN(C)CC3)cc2s1. The van der Waals surface area contributed by atoms with Crippen LogP contribution in [0.2, 0.25) is 0 Å². The number of nitrogens with one attached hydrogen (secondary N) is 2. The molecule has 1 amide bonds. The van der Waals surface area contributed by atoms with E-state index in [4.69, 9.17) is 0 Å². The first-order chi connectivity index (χ1) is 16.6. The fourth-order valence-corrected chi connectivity index (χ4v) is 5.71. The molecule has 0 bridgehead atoms. The molecule has 6 heteroatoms. The van der Waals surface area contributed by atoms with Gasteiger partial charge in [0.1, 0.15) is 0 Å². The van der Waals surface area contributed by atoms with Gasteiger partial charge in [0, 0.05) is 59.7 Å². The van der Waals surface area contributed by atoms with E-state index in [1.807, 2.05) is 25.1 Å². The largest absolute Gasteiger partial charge is 0.369 e. The molecule has 0 spiro atoms. The van der Waals surface area contributed by atoms with Crippen LogP contribution in [0.5, 0.6) is 0 Å². The zero-order chi connectivity index (χ0) is 23.5. The lowest BCUT2D eigenvalue weighted by atomic mass is 10.0. The maximum Gasteiger partial charge on any atom is 0.261 e. The zero-order valence-electron chi connectivity index (χ0n) is 19.9. The van der Waals surface area contributed by atoms with Gasteiger partial charge in [0.2, 0.25) is 0 Å². The number of carbonyl (C=O) groups is 1. The zero-order valence-corrected chi connectivity index (χ0v) is 20.7. The molecule has 176 valence electrons. The molecule has 5 rings (SSSR count). The second kappa shape index (κ2) is 10.0. The molecule has 2 N–H and O–H groups in total. The van der Waals surface area contributed by atoms with Crippen LogP contribution in [0.25, 0.3) is 21.0 Å². The van der Waals surface area contributed by atoms with Crippen molar-refractivity contribution in [2.45, 2.75) is 25.8 Å². The van der Waals surface area contributed by atoms with Crippen molar-refractivity contribution in [2.75, 3.05) is 38.1 Å². The van der Waals surface area contributed by atoms with Gasteiger partial charge in [0.05, 0.1) is 4.88 Å². The number of fused-ring (bicyclic) bond motifs is 2. The highest BCUT2D eigenvalue weighted by Crippen LogP contribution is 2.30. The van der Waals surface area contributed by atoms with Crippen molar-refractivity contribution in [2.24, 2.45) is 0 Å². The summed E-state index contributed by atoms with van der Waals surface area (Å²) >= 11 is 1.59. The van der Waals surface area contributed by atoms with E-state index in [0.29, 0.717) is 0 Å². The maximum absolute atomic E-state index is 13.3. The van der Waals surface area contributed by atoms with Crippen LogP contribution in [0.15, 0.2) is 66.9 Å². The number of benzene rings is 2. The molecular formula is C28H32N4OS. The number of rotatable bonds is 7. The number of hydrogen-bond donors (Lipinski definition) is 2. The van der Waals surface area contributed by atoms with Gasteiger partial charge in [-0.25, -0.2) is 0 Å². The summed E-state index contributed by atoms with van der Waals surface area (Å²) in [7, 11) is 2.17. The second-order valence-electron chi connectivity index (χ2n) is 9.16. The van der Waals surface area contributed by atoms with Gasteiger partial charge in [-0.1, -0.05) is 36.4 Å². The summed E-state index contributed by atoms with van der Waals surface area (Å²) in [6, 6.07) is 17.0. The summed E-state index contributed by atoms with van der Waals surface area (Å²) in [4.78, 5) is 22.2. The van der Waals surface area contributed by atoms with E-state index in [9.17, 15) is 4.79 Å². The molecular weight excluding hydrogens is 440 g/mol. The Balaban J connectivity index is 1.32. The Bertz CT molecular complexity index is 1310. The summed E-state index contributed by atoms with van der Waals surface area (Å²) in [5, 5.41) is 5.66. The minimum Gasteiger partial charge on any atom is -0.369 e. The smallest absolute Gasteiger partial charge is 0.261 e. The van der Waals surface area contributed by atoms with Crippen LogP contribution in [-0.4, -0.2) is 55.1 Å². The van der Waals surface area contributed by atoms with Crippen LogP contribution in [0, 0.1) is 0 Å². The molecule has 5 nitrogen and oxygen atoms in total. The molecule has 1 fully saturated rings. The van der Waals surface area contributed by atoms with E-state index >= 15 is 0 Å². The first kappa shape index (κ1) is 22.7. The maximum atomic E-state index is 13.3. The lowest BCUT2D eigenvalue weighted by Gasteiger charge is -2.34. The molecule has 0 radical (unpaired) electrons. The first-order valence-corrected chi connectivity index (χ1v) is 12.9. The summed E-state index contributed by atoms with van der Waals surface area (Å²) in [5.74, 6) is 0.0108. The fraction of sp³-hybridized carbons (Fsp3) is 0.321. The number of allylic oxidation sites excluding steroid dienone is 1. The van der Waals surface area contributed by atoms with Gasteiger partial charge in [-0.15, -0.1) is 11.3 Å².